The topological polar surface area (TPSA) is 40.1 Å². The number of benzene rings is 1. The number of nitrogens with zero attached hydrogens (tertiary/aromatic N) is 3. The molecule has 2 atom stereocenters. The lowest BCUT2D eigenvalue weighted by Crippen LogP contribution is -2.50. The van der Waals surface area contributed by atoms with Crippen LogP contribution in [0.3, 0.4) is 0 Å². The Morgan fingerprint density at radius 3 is 2.28 bits per heavy atom. The molecule has 2 heterocycles. The van der Waals surface area contributed by atoms with Gasteiger partial charge in [-0.25, -0.2) is 0 Å². The largest absolute Gasteiger partial charge is 0.497 e. The van der Waals surface area contributed by atoms with E-state index < -0.39 is 0 Å². The fourth-order valence-corrected chi connectivity index (χ4v) is 4.74. The summed E-state index contributed by atoms with van der Waals surface area (Å²) < 4.78 is 5.25. The lowest BCUT2D eigenvalue weighted by molar-refractivity contribution is 0.175. The summed E-state index contributed by atoms with van der Waals surface area (Å²) in [5.74, 6) is 4.27. The summed E-state index contributed by atoms with van der Waals surface area (Å²) in [5.41, 5.74) is 1.37. The molecule has 5 nitrogen and oxygen atoms in total. The summed E-state index contributed by atoms with van der Waals surface area (Å²) in [6.07, 6.45) is 3.85. The molecule has 2 aliphatic rings. The highest BCUT2D eigenvalue weighted by Gasteiger charge is 2.25. The van der Waals surface area contributed by atoms with E-state index >= 15 is 0 Å². The van der Waals surface area contributed by atoms with Gasteiger partial charge in [-0.2, -0.15) is 0 Å². The molecule has 2 unspecified atom stereocenters. The summed E-state index contributed by atoms with van der Waals surface area (Å²) in [4.78, 5) is 9.59. The minimum atomic E-state index is 0. The molecule has 2 fully saturated rings. The molecule has 2 saturated heterocycles. The maximum Gasteiger partial charge on any atom is 0.193 e. The highest BCUT2D eigenvalue weighted by Crippen LogP contribution is 2.22. The first-order chi connectivity index (χ1) is 13.6. The van der Waals surface area contributed by atoms with E-state index in [-0.39, 0.29) is 24.0 Å². The summed E-state index contributed by atoms with van der Waals surface area (Å²) in [6.45, 7) is 11.4. The zero-order valence-corrected chi connectivity index (χ0v) is 20.9. The van der Waals surface area contributed by atoms with Gasteiger partial charge in [-0.1, -0.05) is 26.0 Å². The van der Waals surface area contributed by atoms with E-state index in [1.807, 2.05) is 7.05 Å². The minimum Gasteiger partial charge on any atom is -0.497 e. The molecule has 0 aliphatic carbocycles. The Morgan fingerprint density at radius 2 is 1.72 bits per heavy atom. The van der Waals surface area contributed by atoms with Crippen LogP contribution in [0.1, 0.15) is 38.7 Å². The first-order valence-corrected chi connectivity index (χ1v) is 10.9. The van der Waals surface area contributed by atoms with Gasteiger partial charge < -0.3 is 15.0 Å². The molecule has 164 valence electrons. The number of hydrogen-bond acceptors (Lipinski definition) is 3. The monoisotopic (exact) mass is 514 g/mol. The molecule has 6 heteroatoms. The van der Waals surface area contributed by atoms with Crippen LogP contribution in [0.5, 0.6) is 5.75 Å². The third-order valence-corrected chi connectivity index (χ3v) is 6.20. The van der Waals surface area contributed by atoms with Crippen LogP contribution in [-0.2, 0) is 6.54 Å². The molecule has 29 heavy (non-hydrogen) atoms. The predicted octanol–water partition coefficient (Wildman–Crippen LogP) is 4.08. The highest BCUT2D eigenvalue weighted by atomic mass is 127. The third kappa shape index (κ3) is 7.31. The average Bonchev–Trinajstić information content (AvgIpc) is 2.69. The lowest BCUT2D eigenvalue weighted by atomic mass is 9.92. The van der Waals surface area contributed by atoms with E-state index in [0.717, 1.165) is 55.6 Å². The Bertz CT molecular complexity index is 618. The molecule has 0 radical (unpaired) electrons. The fourth-order valence-electron chi connectivity index (χ4n) is 4.74. The molecule has 0 aromatic heterocycles. The molecular formula is C23H39IN4O. The molecule has 0 spiro atoms. The van der Waals surface area contributed by atoms with Crippen LogP contribution in [0.25, 0.3) is 0 Å². The van der Waals surface area contributed by atoms with E-state index in [4.69, 9.17) is 4.74 Å². The number of methoxy groups -OCH3 is 1. The van der Waals surface area contributed by atoms with Crippen molar-refractivity contribution in [2.45, 2.75) is 39.7 Å². The fraction of sp³-hybridized carbons (Fsp3) is 0.696. The number of likely N-dealkylation sites (tertiary alicyclic amines) is 2. The Kier molecular flexibility index (Phi) is 10.0. The predicted molar refractivity (Wildman–Crippen MR) is 132 cm³/mol. The molecule has 1 N–H and O–H groups in total. The number of nitrogens with one attached hydrogen (secondary N) is 1. The zero-order valence-electron chi connectivity index (χ0n) is 18.6. The molecule has 0 bridgehead atoms. The molecule has 2 aliphatic heterocycles. The van der Waals surface area contributed by atoms with Gasteiger partial charge in [0.2, 0.25) is 0 Å². The van der Waals surface area contributed by atoms with Gasteiger partial charge in [0.25, 0.3) is 0 Å². The SMILES string of the molecule is CN=C(NCC1CCN(Cc2ccc(OC)cc2)CC1)N1CC(C)CC(C)C1.I. The van der Waals surface area contributed by atoms with Crippen molar-refractivity contribution < 1.29 is 4.74 Å². The standard InChI is InChI=1S/C23H38N4O.HI/c1-18-13-19(2)16-27(15-18)23(24-3)25-14-20-9-11-26(12-10-20)17-21-5-7-22(28-4)8-6-21;/h5-8,18-20H,9-17H2,1-4H3,(H,24,25);1H. The van der Waals surface area contributed by atoms with E-state index in [1.54, 1.807) is 7.11 Å². The van der Waals surface area contributed by atoms with E-state index in [1.165, 1.54) is 37.9 Å². The van der Waals surface area contributed by atoms with Gasteiger partial charge in [-0.3, -0.25) is 9.89 Å². The van der Waals surface area contributed by atoms with Gasteiger partial charge in [0.1, 0.15) is 5.75 Å². The molecule has 0 saturated carbocycles. The Balaban J connectivity index is 0.00000300. The maximum atomic E-state index is 5.25. The van der Waals surface area contributed by atoms with Gasteiger partial charge in [-0.15, -0.1) is 24.0 Å². The first kappa shape index (κ1) is 24.3. The Morgan fingerprint density at radius 1 is 1.10 bits per heavy atom. The van der Waals surface area contributed by atoms with Crippen LogP contribution >= 0.6 is 24.0 Å². The normalized spacial score (nSPS) is 24.1. The van der Waals surface area contributed by atoms with Crippen molar-refractivity contribution >= 4 is 29.9 Å². The molecule has 0 amide bonds. The third-order valence-electron chi connectivity index (χ3n) is 6.20. The van der Waals surface area contributed by atoms with Crippen molar-refractivity contribution in [3.63, 3.8) is 0 Å². The highest BCUT2D eigenvalue weighted by molar-refractivity contribution is 14.0. The summed E-state index contributed by atoms with van der Waals surface area (Å²) in [7, 11) is 3.64. The second-order valence-electron chi connectivity index (χ2n) is 8.85. The molecule has 1 aromatic carbocycles. The summed E-state index contributed by atoms with van der Waals surface area (Å²) in [6, 6.07) is 8.47. The van der Waals surface area contributed by atoms with Crippen molar-refractivity contribution in [1.82, 2.24) is 15.1 Å². The summed E-state index contributed by atoms with van der Waals surface area (Å²) in [5, 5.41) is 3.67. The van der Waals surface area contributed by atoms with Gasteiger partial charge in [0.05, 0.1) is 7.11 Å². The Labute approximate surface area is 194 Å². The second-order valence-corrected chi connectivity index (χ2v) is 8.85. The van der Waals surface area contributed by atoms with Crippen LogP contribution in [0.2, 0.25) is 0 Å². The van der Waals surface area contributed by atoms with Crippen LogP contribution in [-0.4, -0.2) is 62.6 Å². The van der Waals surface area contributed by atoms with Crippen molar-refractivity contribution in [2.75, 3.05) is 46.9 Å². The van der Waals surface area contributed by atoms with E-state index in [0.29, 0.717) is 0 Å². The van der Waals surface area contributed by atoms with E-state index in [9.17, 15) is 0 Å². The smallest absolute Gasteiger partial charge is 0.193 e. The van der Waals surface area contributed by atoms with Gasteiger partial charge in [-0.05, 0) is 67.8 Å². The number of rotatable bonds is 5. The average molecular weight is 514 g/mol. The van der Waals surface area contributed by atoms with Gasteiger partial charge in [0.15, 0.2) is 5.96 Å². The van der Waals surface area contributed by atoms with Gasteiger partial charge >= 0.3 is 0 Å². The van der Waals surface area contributed by atoms with E-state index in [2.05, 4.69) is 58.2 Å². The zero-order chi connectivity index (χ0) is 19.9. The number of aliphatic imine (C=N–C) groups is 1. The number of halogens is 1. The van der Waals surface area contributed by atoms with Crippen molar-refractivity contribution in [3.8, 4) is 5.75 Å². The van der Waals surface area contributed by atoms with Crippen LogP contribution < -0.4 is 10.1 Å². The number of piperidine rings is 2. The number of hydrogen-bond donors (Lipinski definition) is 1. The van der Waals surface area contributed by atoms with Crippen LogP contribution in [0.15, 0.2) is 29.3 Å². The summed E-state index contributed by atoms with van der Waals surface area (Å²) >= 11 is 0. The second kappa shape index (κ2) is 12.0. The quantitative estimate of drug-likeness (QED) is 0.365. The van der Waals surface area contributed by atoms with Crippen LogP contribution in [0.4, 0.5) is 0 Å². The van der Waals surface area contributed by atoms with Crippen molar-refractivity contribution in [1.29, 1.82) is 0 Å². The molecule has 3 rings (SSSR count). The number of guanidine groups is 1. The van der Waals surface area contributed by atoms with Crippen molar-refractivity contribution in [3.05, 3.63) is 29.8 Å². The van der Waals surface area contributed by atoms with Crippen LogP contribution in [0, 0.1) is 17.8 Å². The molecule has 1 aromatic rings. The minimum absolute atomic E-state index is 0. The van der Waals surface area contributed by atoms with Crippen molar-refractivity contribution in [2.24, 2.45) is 22.7 Å². The van der Waals surface area contributed by atoms with Gasteiger partial charge in [0, 0.05) is 33.2 Å². The maximum absolute atomic E-state index is 5.25. The Hall–Kier alpha value is -1.02. The first-order valence-electron chi connectivity index (χ1n) is 10.9. The number of ether oxygens (including phenoxy) is 1. The molecular weight excluding hydrogens is 475 g/mol. The lowest BCUT2D eigenvalue weighted by Gasteiger charge is -2.38.